The third-order valence-corrected chi connectivity index (χ3v) is 6.72. The summed E-state index contributed by atoms with van der Waals surface area (Å²) in [6.07, 6.45) is 4.18. The zero-order valence-corrected chi connectivity index (χ0v) is 12.5. The van der Waals surface area contributed by atoms with Crippen LogP contribution in [0.2, 0.25) is 5.54 Å². The molecular weight excluding hydrogens is 256 g/mol. The van der Waals surface area contributed by atoms with E-state index in [0.29, 0.717) is 16.7 Å². The molecule has 1 aliphatic rings. The van der Waals surface area contributed by atoms with E-state index in [4.69, 9.17) is 31.2 Å². The first kappa shape index (κ1) is 14.8. The van der Waals surface area contributed by atoms with Gasteiger partial charge >= 0.3 is 8.80 Å². The van der Waals surface area contributed by atoms with Gasteiger partial charge in [-0.3, -0.25) is 0 Å². The summed E-state index contributed by atoms with van der Waals surface area (Å²) in [5.74, 6) is 0. The van der Waals surface area contributed by atoms with E-state index in [9.17, 15) is 0 Å². The van der Waals surface area contributed by atoms with Crippen molar-refractivity contribution < 1.29 is 13.3 Å². The summed E-state index contributed by atoms with van der Waals surface area (Å²) >= 11 is 4.88. The average Bonchev–Trinajstić information content (AvgIpc) is 2.32. The molecule has 2 unspecified atom stereocenters. The summed E-state index contributed by atoms with van der Waals surface area (Å²) in [6.45, 7) is 0. The highest BCUT2D eigenvalue weighted by molar-refractivity contribution is 7.80. The maximum atomic E-state index is 5.53. The lowest BCUT2D eigenvalue weighted by Gasteiger charge is -2.37. The molecule has 1 rings (SSSR count). The highest BCUT2D eigenvalue weighted by Crippen LogP contribution is 2.38. The zero-order chi connectivity index (χ0) is 12.9. The Hall–Kier alpha value is -0.213. The molecule has 5 nitrogen and oxygen atoms in total. The Labute approximate surface area is 109 Å². The molecule has 0 aromatic carbocycles. The van der Waals surface area contributed by atoms with Crippen molar-refractivity contribution in [3.8, 4) is 0 Å². The molecular formula is C10H22N2O3SSi. The molecule has 0 saturated heterocycles. The van der Waals surface area contributed by atoms with E-state index in [1.54, 1.807) is 21.3 Å². The third kappa shape index (κ3) is 3.62. The Kier molecular flexibility index (Phi) is 5.81. The summed E-state index contributed by atoms with van der Waals surface area (Å²) in [7, 11) is 2.44. The normalized spacial score (nSPS) is 25.6. The minimum atomic E-state index is -2.53. The van der Waals surface area contributed by atoms with Gasteiger partial charge in [0.05, 0.1) is 0 Å². The second kappa shape index (κ2) is 6.65. The van der Waals surface area contributed by atoms with Crippen molar-refractivity contribution in [1.29, 1.82) is 0 Å². The Morgan fingerprint density at radius 3 is 2.29 bits per heavy atom. The smallest absolute Gasteiger partial charge is 0.377 e. The molecule has 0 spiro atoms. The lowest BCUT2D eigenvalue weighted by Crippen LogP contribution is -2.51. The Bertz CT molecular complexity index is 256. The van der Waals surface area contributed by atoms with Crippen molar-refractivity contribution in [3.05, 3.63) is 0 Å². The van der Waals surface area contributed by atoms with E-state index in [1.807, 2.05) is 0 Å². The Morgan fingerprint density at radius 1 is 1.24 bits per heavy atom. The number of thiocarbonyl (C=S) groups is 1. The van der Waals surface area contributed by atoms with E-state index in [0.717, 1.165) is 25.7 Å². The van der Waals surface area contributed by atoms with Gasteiger partial charge in [-0.2, -0.15) is 0 Å². The lowest BCUT2D eigenvalue weighted by atomic mass is 9.95. The molecule has 3 N–H and O–H groups in total. The predicted octanol–water partition coefficient (Wildman–Crippen LogP) is 1.01. The molecule has 100 valence electrons. The molecule has 0 heterocycles. The van der Waals surface area contributed by atoms with Crippen molar-refractivity contribution >= 4 is 26.1 Å². The number of nitrogens with one attached hydrogen (secondary N) is 1. The SMILES string of the molecule is CO[Si](OC)(OC)C1CCCC(NC(N)=S)C1. The molecule has 0 aliphatic heterocycles. The largest absolute Gasteiger partial charge is 0.503 e. The van der Waals surface area contributed by atoms with Crippen molar-refractivity contribution in [2.45, 2.75) is 37.3 Å². The fourth-order valence-electron chi connectivity index (χ4n) is 2.59. The molecule has 7 heteroatoms. The van der Waals surface area contributed by atoms with Crippen LogP contribution in [0.1, 0.15) is 25.7 Å². The van der Waals surface area contributed by atoms with E-state index < -0.39 is 8.80 Å². The third-order valence-electron chi connectivity index (χ3n) is 3.37. The molecule has 17 heavy (non-hydrogen) atoms. The summed E-state index contributed by atoms with van der Waals surface area (Å²) < 4.78 is 16.6. The van der Waals surface area contributed by atoms with Crippen LogP contribution in [0.3, 0.4) is 0 Å². The van der Waals surface area contributed by atoms with Gasteiger partial charge in [0, 0.05) is 32.9 Å². The van der Waals surface area contributed by atoms with Gasteiger partial charge < -0.3 is 24.3 Å². The zero-order valence-electron chi connectivity index (χ0n) is 10.7. The van der Waals surface area contributed by atoms with Crippen molar-refractivity contribution in [1.82, 2.24) is 5.32 Å². The standard InChI is InChI=1S/C10H22N2O3SSi/c1-13-17(14-2,15-3)9-6-4-5-8(7-9)12-10(11)16/h8-9H,4-7H2,1-3H3,(H3,11,12,16). The molecule has 1 aliphatic carbocycles. The monoisotopic (exact) mass is 278 g/mol. The fourth-order valence-corrected chi connectivity index (χ4v) is 5.39. The maximum absolute atomic E-state index is 5.53. The number of nitrogens with two attached hydrogens (primary N) is 1. The first-order valence-corrected chi connectivity index (χ1v) is 8.00. The van der Waals surface area contributed by atoms with Gasteiger partial charge in [-0.25, -0.2) is 0 Å². The maximum Gasteiger partial charge on any atom is 0.503 e. The molecule has 2 atom stereocenters. The van der Waals surface area contributed by atoms with Gasteiger partial charge in [0.25, 0.3) is 0 Å². The number of rotatable bonds is 5. The van der Waals surface area contributed by atoms with Gasteiger partial charge in [0.2, 0.25) is 0 Å². The van der Waals surface area contributed by atoms with Crippen LogP contribution in [-0.4, -0.2) is 41.3 Å². The number of hydrogen-bond donors (Lipinski definition) is 2. The molecule has 1 fully saturated rings. The molecule has 0 aromatic rings. The second-order valence-corrected chi connectivity index (χ2v) is 7.97. The first-order chi connectivity index (χ1) is 8.07. The van der Waals surface area contributed by atoms with Crippen molar-refractivity contribution in [2.75, 3.05) is 21.3 Å². The topological polar surface area (TPSA) is 65.7 Å². The molecule has 0 radical (unpaired) electrons. The van der Waals surface area contributed by atoms with Crippen LogP contribution in [0, 0.1) is 0 Å². The van der Waals surface area contributed by atoms with Crippen LogP contribution < -0.4 is 11.1 Å². The first-order valence-electron chi connectivity index (χ1n) is 5.79. The van der Waals surface area contributed by atoms with Crippen LogP contribution in [-0.2, 0) is 13.3 Å². The minimum Gasteiger partial charge on any atom is -0.377 e. The Morgan fingerprint density at radius 2 is 1.82 bits per heavy atom. The van der Waals surface area contributed by atoms with Crippen LogP contribution in [0.25, 0.3) is 0 Å². The predicted molar refractivity (Wildman–Crippen MR) is 72.7 cm³/mol. The van der Waals surface area contributed by atoms with E-state index in [2.05, 4.69) is 5.32 Å². The number of hydrogen-bond acceptors (Lipinski definition) is 4. The summed E-state index contributed by atoms with van der Waals surface area (Å²) in [4.78, 5) is 0. The van der Waals surface area contributed by atoms with Crippen LogP contribution in [0.4, 0.5) is 0 Å². The highest BCUT2D eigenvalue weighted by Gasteiger charge is 2.48. The fraction of sp³-hybridized carbons (Fsp3) is 0.900. The van der Waals surface area contributed by atoms with Crippen molar-refractivity contribution in [3.63, 3.8) is 0 Å². The van der Waals surface area contributed by atoms with Crippen LogP contribution in [0.5, 0.6) is 0 Å². The van der Waals surface area contributed by atoms with Gasteiger partial charge in [-0.1, -0.05) is 6.42 Å². The average molecular weight is 278 g/mol. The van der Waals surface area contributed by atoms with Gasteiger partial charge in [-0.05, 0) is 31.5 Å². The molecule has 0 amide bonds. The second-order valence-electron chi connectivity index (χ2n) is 4.28. The van der Waals surface area contributed by atoms with Crippen molar-refractivity contribution in [2.24, 2.45) is 5.73 Å². The van der Waals surface area contributed by atoms with Crippen LogP contribution in [0.15, 0.2) is 0 Å². The molecule has 0 bridgehead atoms. The van der Waals surface area contributed by atoms with E-state index in [1.165, 1.54) is 0 Å². The minimum absolute atomic E-state index is 0.304. The Balaban J connectivity index is 2.66. The van der Waals surface area contributed by atoms with Gasteiger partial charge in [-0.15, -0.1) is 0 Å². The molecule has 1 saturated carbocycles. The van der Waals surface area contributed by atoms with E-state index in [-0.39, 0.29) is 0 Å². The summed E-state index contributed by atoms with van der Waals surface area (Å²) in [5, 5.41) is 3.48. The van der Waals surface area contributed by atoms with Gasteiger partial charge in [0.15, 0.2) is 5.11 Å². The lowest BCUT2D eigenvalue weighted by molar-refractivity contribution is 0.102. The summed E-state index contributed by atoms with van der Waals surface area (Å²) in [6, 6.07) is 0.304. The quantitative estimate of drug-likeness (QED) is 0.578. The van der Waals surface area contributed by atoms with Crippen LogP contribution >= 0.6 is 12.2 Å². The molecule has 0 aromatic heterocycles. The highest BCUT2D eigenvalue weighted by atomic mass is 32.1. The summed E-state index contributed by atoms with van der Waals surface area (Å²) in [5.41, 5.74) is 5.82. The van der Waals surface area contributed by atoms with Gasteiger partial charge in [0.1, 0.15) is 0 Å². The van der Waals surface area contributed by atoms with E-state index >= 15 is 0 Å².